The summed E-state index contributed by atoms with van der Waals surface area (Å²) in [6.07, 6.45) is 3.98. The second-order valence-electron chi connectivity index (χ2n) is 4.79. The van der Waals surface area contributed by atoms with Gasteiger partial charge in [0.05, 0.1) is 5.69 Å². The minimum absolute atomic E-state index is 0.141. The van der Waals surface area contributed by atoms with Crippen LogP contribution in [-0.2, 0) is 5.41 Å². The van der Waals surface area contributed by atoms with Crippen LogP contribution in [0.2, 0.25) is 0 Å². The molecule has 0 aliphatic rings. The maximum Gasteiger partial charge on any atom is 0.131 e. The average Bonchev–Trinajstić information content (AvgIpc) is 2.18. The first-order valence-corrected chi connectivity index (χ1v) is 5.47. The molecule has 0 atom stereocenters. The van der Waals surface area contributed by atoms with E-state index in [0.717, 1.165) is 17.9 Å². The third kappa shape index (κ3) is 2.91. The molecule has 0 fully saturated rings. The normalized spacial score (nSPS) is 11.5. The molecule has 3 heteroatoms. The first-order valence-electron chi connectivity index (χ1n) is 5.47. The van der Waals surface area contributed by atoms with Crippen molar-refractivity contribution in [2.45, 2.75) is 39.0 Å². The molecule has 1 rings (SSSR count). The van der Waals surface area contributed by atoms with Gasteiger partial charge >= 0.3 is 0 Å². The number of hydrogen-bond donors (Lipinski definition) is 0. The molecular weight excluding hydrogens is 186 g/mol. The highest BCUT2D eigenvalue weighted by Crippen LogP contribution is 2.27. The lowest BCUT2D eigenvalue weighted by atomic mass is 9.84. The summed E-state index contributed by atoms with van der Waals surface area (Å²) >= 11 is 0. The SMILES string of the molecule is CCCC(C)(C)c1cc(N(C)C)ncn1. The van der Waals surface area contributed by atoms with E-state index < -0.39 is 0 Å². The largest absolute Gasteiger partial charge is 0.363 e. The molecule has 0 radical (unpaired) electrons. The van der Waals surface area contributed by atoms with Gasteiger partial charge in [-0.3, -0.25) is 0 Å². The van der Waals surface area contributed by atoms with Crippen LogP contribution in [0.25, 0.3) is 0 Å². The van der Waals surface area contributed by atoms with Crippen molar-refractivity contribution in [3.63, 3.8) is 0 Å². The third-order valence-corrected chi connectivity index (χ3v) is 2.68. The lowest BCUT2D eigenvalue weighted by Gasteiger charge is -2.24. The number of aromatic nitrogens is 2. The van der Waals surface area contributed by atoms with E-state index in [2.05, 4.69) is 36.8 Å². The van der Waals surface area contributed by atoms with Crippen LogP contribution in [-0.4, -0.2) is 24.1 Å². The van der Waals surface area contributed by atoms with Crippen LogP contribution in [0.3, 0.4) is 0 Å². The minimum atomic E-state index is 0.141. The highest BCUT2D eigenvalue weighted by Gasteiger charge is 2.21. The van der Waals surface area contributed by atoms with Crippen molar-refractivity contribution >= 4 is 5.82 Å². The van der Waals surface area contributed by atoms with Crippen molar-refractivity contribution in [1.82, 2.24) is 9.97 Å². The molecule has 0 bridgehead atoms. The van der Waals surface area contributed by atoms with Crippen molar-refractivity contribution in [3.05, 3.63) is 18.1 Å². The number of anilines is 1. The van der Waals surface area contributed by atoms with Gasteiger partial charge in [0.25, 0.3) is 0 Å². The summed E-state index contributed by atoms with van der Waals surface area (Å²) in [6.45, 7) is 6.67. The standard InChI is InChI=1S/C12H21N3/c1-6-7-12(2,3)10-8-11(15(4)5)14-9-13-10/h8-9H,6-7H2,1-5H3. The van der Waals surface area contributed by atoms with Gasteiger partial charge in [-0.2, -0.15) is 0 Å². The first kappa shape index (κ1) is 12.0. The predicted molar refractivity (Wildman–Crippen MR) is 64.3 cm³/mol. The summed E-state index contributed by atoms with van der Waals surface area (Å²) in [4.78, 5) is 10.6. The molecule has 1 aromatic rings. The van der Waals surface area contributed by atoms with Crippen LogP contribution in [0, 0.1) is 0 Å². The molecule has 0 N–H and O–H groups in total. The Morgan fingerprint density at radius 2 is 1.93 bits per heavy atom. The van der Waals surface area contributed by atoms with Crippen molar-refractivity contribution in [2.75, 3.05) is 19.0 Å². The van der Waals surface area contributed by atoms with Gasteiger partial charge in [-0.25, -0.2) is 9.97 Å². The Hall–Kier alpha value is -1.12. The smallest absolute Gasteiger partial charge is 0.131 e. The van der Waals surface area contributed by atoms with E-state index in [1.165, 1.54) is 6.42 Å². The zero-order chi connectivity index (χ0) is 11.5. The van der Waals surface area contributed by atoms with Crippen LogP contribution < -0.4 is 4.90 Å². The second kappa shape index (κ2) is 4.60. The Kier molecular flexibility index (Phi) is 3.66. The van der Waals surface area contributed by atoms with E-state index in [1.807, 2.05) is 19.0 Å². The molecular formula is C12H21N3. The molecule has 0 aliphatic heterocycles. The summed E-state index contributed by atoms with van der Waals surface area (Å²) in [7, 11) is 4.00. The summed E-state index contributed by atoms with van der Waals surface area (Å²) in [5, 5.41) is 0. The topological polar surface area (TPSA) is 29.0 Å². The molecule has 1 aromatic heterocycles. The Morgan fingerprint density at radius 3 is 2.47 bits per heavy atom. The van der Waals surface area contributed by atoms with Crippen LogP contribution in [0.5, 0.6) is 0 Å². The van der Waals surface area contributed by atoms with Crippen molar-refractivity contribution in [1.29, 1.82) is 0 Å². The molecule has 84 valence electrons. The second-order valence-corrected chi connectivity index (χ2v) is 4.79. The van der Waals surface area contributed by atoms with Gasteiger partial charge < -0.3 is 4.90 Å². The number of hydrogen-bond acceptors (Lipinski definition) is 3. The molecule has 15 heavy (non-hydrogen) atoms. The molecule has 0 aromatic carbocycles. The zero-order valence-corrected chi connectivity index (χ0v) is 10.4. The minimum Gasteiger partial charge on any atom is -0.363 e. The quantitative estimate of drug-likeness (QED) is 0.760. The Morgan fingerprint density at radius 1 is 1.27 bits per heavy atom. The third-order valence-electron chi connectivity index (χ3n) is 2.68. The summed E-state index contributed by atoms with van der Waals surface area (Å²) in [5.41, 5.74) is 1.27. The molecule has 0 aliphatic carbocycles. The lowest BCUT2D eigenvalue weighted by Crippen LogP contribution is -2.20. The predicted octanol–water partition coefficient (Wildman–Crippen LogP) is 2.62. The fourth-order valence-electron chi connectivity index (χ4n) is 1.71. The van der Waals surface area contributed by atoms with Gasteiger partial charge in [0, 0.05) is 25.6 Å². The maximum atomic E-state index is 4.37. The molecule has 0 spiro atoms. The fourth-order valence-corrected chi connectivity index (χ4v) is 1.71. The average molecular weight is 207 g/mol. The number of nitrogens with zero attached hydrogens (tertiary/aromatic N) is 3. The van der Waals surface area contributed by atoms with Crippen LogP contribution in [0.4, 0.5) is 5.82 Å². The van der Waals surface area contributed by atoms with E-state index in [0.29, 0.717) is 0 Å². The van der Waals surface area contributed by atoms with Gasteiger partial charge in [-0.15, -0.1) is 0 Å². The van der Waals surface area contributed by atoms with E-state index in [1.54, 1.807) is 6.33 Å². The van der Waals surface area contributed by atoms with Crippen molar-refractivity contribution < 1.29 is 0 Å². The summed E-state index contributed by atoms with van der Waals surface area (Å²) in [6, 6.07) is 2.08. The summed E-state index contributed by atoms with van der Waals surface area (Å²) in [5.74, 6) is 0.976. The van der Waals surface area contributed by atoms with Gasteiger partial charge in [-0.05, 0) is 6.42 Å². The van der Waals surface area contributed by atoms with Crippen molar-refractivity contribution in [3.8, 4) is 0 Å². The molecule has 0 amide bonds. The van der Waals surface area contributed by atoms with Crippen molar-refractivity contribution in [2.24, 2.45) is 0 Å². The first-order chi connectivity index (χ1) is 6.97. The fraction of sp³-hybridized carbons (Fsp3) is 0.667. The van der Waals surface area contributed by atoms with Crippen LogP contribution in [0.1, 0.15) is 39.3 Å². The lowest BCUT2D eigenvalue weighted by molar-refractivity contribution is 0.458. The maximum absolute atomic E-state index is 4.37. The van der Waals surface area contributed by atoms with Gasteiger partial charge in [0.1, 0.15) is 12.1 Å². The molecule has 3 nitrogen and oxygen atoms in total. The van der Waals surface area contributed by atoms with E-state index in [4.69, 9.17) is 0 Å². The molecule has 0 saturated heterocycles. The highest BCUT2D eigenvalue weighted by atomic mass is 15.1. The van der Waals surface area contributed by atoms with Crippen LogP contribution in [0.15, 0.2) is 12.4 Å². The Bertz CT molecular complexity index is 318. The zero-order valence-electron chi connectivity index (χ0n) is 10.4. The van der Waals surface area contributed by atoms with E-state index >= 15 is 0 Å². The van der Waals surface area contributed by atoms with Gasteiger partial charge in [0.2, 0.25) is 0 Å². The van der Waals surface area contributed by atoms with E-state index in [9.17, 15) is 0 Å². The molecule has 0 saturated carbocycles. The Balaban J connectivity index is 2.99. The Labute approximate surface area is 92.6 Å². The highest BCUT2D eigenvalue weighted by molar-refractivity contribution is 5.38. The molecule has 1 heterocycles. The van der Waals surface area contributed by atoms with Gasteiger partial charge in [0.15, 0.2) is 0 Å². The molecule has 0 unspecified atom stereocenters. The number of rotatable bonds is 4. The van der Waals surface area contributed by atoms with Crippen LogP contribution >= 0.6 is 0 Å². The summed E-state index contributed by atoms with van der Waals surface area (Å²) < 4.78 is 0. The monoisotopic (exact) mass is 207 g/mol. The van der Waals surface area contributed by atoms with E-state index in [-0.39, 0.29) is 5.41 Å². The van der Waals surface area contributed by atoms with Gasteiger partial charge in [-0.1, -0.05) is 27.2 Å².